The van der Waals surface area contributed by atoms with Crippen molar-refractivity contribution in [3.05, 3.63) is 41.5 Å². The highest BCUT2D eigenvalue weighted by molar-refractivity contribution is 5.94. The van der Waals surface area contributed by atoms with E-state index in [1.165, 1.54) is 0 Å². The Labute approximate surface area is 159 Å². The molecule has 144 valence electrons. The average molecular weight is 370 g/mol. The van der Waals surface area contributed by atoms with Crippen LogP contribution in [0.4, 0.5) is 0 Å². The second kappa shape index (κ2) is 8.81. The molecule has 0 atom stereocenters. The number of rotatable bonds is 6. The Bertz CT molecular complexity index is 717. The third kappa shape index (κ3) is 5.65. The van der Waals surface area contributed by atoms with Gasteiger partial charge < -0.3 is 15.5 Å². The van der Waals surface area contributed by atoms with Gasteiger partial charge in [0.05, 0.1) is 6.54 Å². The lowest BCUT2D eigenvalue weighted by molar-refractivity contribution is -0.128. The Kier molecular flexibility index (Phi) is 6.24. The Balaban J connectivity index is 1.44. The number of hydrogen-bond donors (Lipinski definition) is 2. The molecule has 2 fully saturated rings. The van der Waals surface area contributed by atoms with Gasteiger partial charge in [-0.15, -0.1) is 0 Å². The van der Waals surface area contributed by atoms with Gasteiger partial charge in [-0.25, -0.2) is 0 Å². The van der Waals surface area contributed by atoms with Crippen molar-refractivity contribution in [2.24, 2.45) is 0 Å². The fourth-order valence-electron chi connectivity index (χ4n) is 2.99. The molecule has 0 aromatic heterocycles. The molecule has 0 bridgehead atoms. The minimum atomic E-state index is -0.134. The Morgan fingerprint density at radius 3 is 2.33 bits per heavy atom. The molecule has 3 amide bonds. The topological polar surface area (TPSA) is 81.8 Å². The van der Waals surface area contributed by atoms with Gasteiger partial charge in [-0.05, 0) is 36.6 Å². The van der Waals surface area contributed by atoms with Gasteiger partial charge in [-0.2, -0.15) is 0 Å². The minimum Gasteiger partial charge on any atom is -0.355 e. The zero-order valence-corrected chi connectivity index (χ0v) is 15.6. The molecule has 0 radical (unpaired) electrons. The maximum Gasteiger partial charge on any atom is 0.251 e. The third-order valence-electron chi connectivity index (χ3n) is 4.81. The molecule has 2 aliphatic rings. The summed E-state index contributed by atoms with van der Waals surface area (Å²) in [4.78, 5) is 39.6. The van der Waals surface area contributed by atoms with Crippen molar-refractivity contribution in [2.75, 3.05) is 39.8 Å². The van der Waals surface area contributed by atoms with Crippen LogP contribution >= 0.6 is 0 Å². The summed E-state index contributed by atoms with van der Waals surface area (Å²) in [6.45, 7) is 3.06. The van der Waals surface area contributed by atoms with Gasteiger partial charge in [0.2, 0.25) is 11.8 Å². The van der Waals surface area contributed by atoms with Crippen molar-refractivity contribution < 1.29 is 14.4 Å². The molecule has 2 N–H and O–H groups in total. The van der Waals surface area contributed by atoms with Crippen LogP contribution in [0, 0.1) is 0 Å². The molecule has 1 aromatic carbocycles. The van der Waals surface area contributed by atoms with Crippen LogP contribution in [0.3, 0.4) is 0 Å². The molecule has 7 nitrogen and oxygen atoms in total. The van der Waals surface area contributed by atoms with Crippen molar-refractivity contribution in [1.29, 1.82) is 0 Å². The van der Waals surface area contributed by atoms with Crippen LogP contribution in [0.5, 0.6) is 0 Å². The first-order valence-corrected chi connectivity index (χ1v) is 9.36. The third-order valence-corrected chi connectivity index (χ3v) is 4.81. The van der Waals surface area contributed by atoms with Crippen molar-refractivity contribution in [3.63, 3.8) is 0 Å². The van der Waals surface area contributed by atoms with Crippen LogP contribution < -0.4 is 10.6 Å². The summed E-state index contributed by atoms with van der Waals surface area (Å²) in [6, 6.07) is 7.47. The first kappa shape index (κ1) is 19.1. The van der Waals surface area contributed by atoms with Crippen LogP contribution in [0.2, 0.25) is 0 Å². The van der Waals surface area contributed by atoms with Gasteiger partial charge in [0.1, 0.15) is 0 Å². The molecular weight excluding hydrogens is 344 g/mol. The fourth-order valence-corrected chi connectivity index (χ4v) is 2.99. The van der Waals surface area contributed by atoms with Crippen LogP contribution in [0.1, 0.15) is 28.8 Å². The maximum atomic E-state index is 12.4. The quantitative estimate of drug-likeness (QED) is 0.714. The van der Waals surface area contributed by atoms with E-state index in [0.717, 1.165) is 18.4 Å². The lowest BCUT2D eigenvalue weighted by Gasteiger charge is -2.33. The van der Waals surface area contributed by atoms with Gasteiger partial charge >= 0.3 is 0 Å². The summed E-state index contributed by atoms with van der Waals surface area (Å²) in [6.07, 6.45) is 5.50. The zero-order chi connectivity index (χ0) is 19.2. The summed E-state index contributed by atoms with van der Waals surface area (Å²) < 4.78 is 0. The number of nitrogens with one attached hydrogen (secondary N) is 2. The standard InChI is InChI=1S/C20H26N4O3/c1-21-20(27)16-5-2-15(3-6-16)4-9-19(26)24-12-10-23(11-13-24)14-18(25)22-17-7-8-17/h2-6,9,17H,7-8,10-14H2,1H3,(H,21,27)(H,22,25)/b9-4+. The molecule has 27 heavy (non-hydrogen) atoms. The minimum absolute atomic E-state index is 0.0348. The van der Waals surface area contributed by atoms with Gasteiger partial charge in [0, 0.05) is 50.9 Å². The van der Waals surface area contributed by atoms with Crippen molar-refractivity contribution in [1.82, 2.24) is 20.4 Å². The molecule has 1 saturated heterocycles. The fraction of sp³-hybridized carbons (Fsp3) is 0.450. The van der Waals surface area contributed by atoms with Crippen LogP contribution in [0.25, 0.3) is 6.08 Å². The van der Waals surface area contributed by atoms with E-state index in [9.17, 15) is 14.4 Å². The maximum absolute atomic E-state index is 12.4. The zero-order valence-electron chi connectivity index (χ0n) is 15.6. The molecule has 3 rings (SSSR count). The molecule has 0 spiro atoms. The number of carbonyl (C=O) groups is 3. The number of piperazine rings is 1. The van der Waals surface area contributed by atoms with E-state index >= 15 is 0 Å². The highest BCUT2D eigenvalue weighted by Gasteiger charge is 2.25. The van der Waals surface area contributed by atoms with Crippen LogP contribution in [-0.2, 0) is 9.59 Å². The van der Waals surface area contributed by atoms with E-state index in [0.29, 0.717) is 44.3 Å². The van der Waals surface area contributed by atoms with E-state index in [1.54, 1.807) is 36.2 Å². The largest absolute Gasteiger partial charge is 0.355 e. The molecule has 1 aliphatic heterocycles. The van der Waals surface area contributed by atoms with Crippen LogP contribution in [0.15, 0.2) is 30.3 Å². The highest BCUT2D eigenvalue weighted by Crippen LogP contribution is 2.18. The molecular formula is C20H26N4O3. The number of amides is 3. The smallest absolute Gasteiger partial charge is 0.251 e. The van der Waals surface area contributed by atoms with Gasteiger partial charge in [-0.1, -0.05) is 12.1 Å². The number of nitrogens with zero attached hydrogens (tertiary/aromatic N) is 2. The molecule has 1 heterocycles. The van der Waals surface area contributed by atoms with Gasteiger partial charge in [0.15, 0.2) is 0 Å². The van der Waals surface area contributed by atoms with Crippen molar-refractivity contribution in [3.8, 4) is 0 Å². The van der Waals surface area contributed by atoms with Gasteiger partial charge in [0.25, 0.3) is 5.91 Å². The Morgan fingerprint density at radius 1 is 1.07 bits per heavy atom. The highest BCUT2D eigenvalue weighted by atomic mass is 16.2. The molecule has 7 heteroatoms. The first-order chi connectivity index (χ1) is 13.0. The Hall–Kier alpha value is -2.67. The number of hydrogen-bond acceptors (Lipinski definition) is 4. The molecule has 1 saturated carbocycles. The van der Waals surface area contributed by atoms with Crippen molar-refractivity contribution >= 4 is 23.8 Å². The normalized spacial score (nSPS) is 17.7. The Morgan fingerprint density at radius 2 is 1.74 bits per heavy atom. The van der Waals surface area contributed by atoms with E-state index in [-0.39, 0.29) is 17.7 Å². The summed E-state index contributed by atoms with van der Waals surface area (Å²) in [5.74, 6) is -0.0878. The molecule has 1 aliphatic carbocycles. The van der Waals surface area contributed by atoms with E-state index in [2.05, 4.69) is 15.5 Å². The predicted octanol–water partition coefficient (Wildman–Crippen LogP) is 0.482. The number of carbonyl (C=O) groups excluding carboxylic acids is 3. The lowest BCUT2D eigenvalue weighted by atomic mass is 10.1. The van der Waals surface area contributed by atoms with Gasteiger partial charge in [-0.3, -0.25) is 19.3 Å². The number of benzene rings is 1. The monoisotopic (exact) mass is 370 g/mol. The van der Waals surface area contributed by atoms with E-state index in [1.807, 2.05) is 12.1 Å². The second-order valence-corrected chi connectivity index (χ2v) is 6.98. The van der Waals surface area contributed by atoms with Crippen molar-refractivity contribution in [2.45, 2.75) is 18.9 Å². The lowest BCUT2D eigenvalue weighted by Crippen LogP contribution is -2.51. The predicted molar refractivity (Wildman–Crippen MR) is 103 cm³/mol. The second-order valence-electron chi connectivity index (χ2n) is 6.98. The molecule has 0 unspecified atom stereocenters. The summed E-state index contributed by atoms with van der Waals surface area (Å²) in [7, 11) is 1.59. The van der Waals surface area contributed by atoms with Crippen LogP contribution in [-0.4, -0.2) is 73.3 Å². The summed E-state index contributed by atoms with van der Waals surface area (Å²) >= 11 is 0. The van der Waals surface area contributed by atoms with E-state index in [4.69, 9.17) is 0 Å². The first-order valence-electron chi connectivity index (χ1n) is 9.36. The summed E-state index contributed by atoms with van der Waals surface area (Å²) in [5, 5.41) is 5.57. The van der Waals surface area contributed by atoms with E-state index < -0.39 is 0 Å². The average Bonchev–Trinajstić information content (AvgIpc) is 3.50. The SMILES string of the molecule is CNC(=O)c1ccc(/C=C/C(=O)N2CCN(CC(=O)NC3CC3)CC2)cc1. The molecule has 1 aromatic rings. The summed E-state index contributed by atoms with van der Waals surface area (Å²) in [5.41, 5.74) is 1.45.